The minimum atomic E-state index is -1.73. The summed E-state index contributed by atoms with van der Waals surface area (Å²) in [5, 5.41) is 14.0. The van der Waals surface area contributed by atoms with E-state index in [0.29, 0.717) is 30.0 Å². The summed E-state index contributed by atoms with van der Waals surface area (Å²) >= 11 is 0. The summed E-state index contributed by atoms with van der Waals surface area (Å²) in [7, 11) is 0. The van der Waals surface area contributed by atoms with Crippen molar-refractivity contribution in [3.8, 4) is 0 Å². The first kappa shape index (κ1) is 16.2. The zero-order chi connectivity index (χ0) is 16.8. The van der Waals surface area contributed by atoms with E-state index in [-0.39, 0.29) is 11.2 Å². The number of benzene rings is 1. The highest BCUT2D eigenvalue weighted by Crippen LogP contribution is 2.49. The molecule has 23 heavy (non-hydrogen) atoms. The van der Waals surface area contributed by atoms with E-state index in [4.69, 9.17) is 0 Å². The first-order chi connectivity index (χ1) is 10.8. The third-order valence-corrected chi connectivity index (χ3v) is 6.10. The molecule has 1 heterocycles. The lowest BCUT2D eigenvalue weighted by atomic mass is 9.62. The van der Waals surface area contributed by atoms with E-state index in [1.165, 1.54) is 0 Å². The van der Waals surface area contributed by atoms with Crippen LogP contribution in [0.4, 0.5) is 5.69 Å². The van der Waals surface area contributed by atoms with E-state index in [2.05, 4.69) is 26.1 Å². The second-order valence-corrected chi connectivity index (χ2v) is 7.60. The highest BCUT2D eigenvalue weighted by Gasteiger charge is 2.55. The molecule has 0 bridgehead atoms. The predicted octanol–water partition coefficient (Wildman–Crippen LogP) is 3.25. The first-order valence-corrected chi connectivity index (χ1v) is 8.46. The topological polar surface area (TPSA) is 66.4 Å². The van der Waals surface area contributed by atoms with Gasteiger partial charge < -0.3 is 10.4 Å². The van der Waals surface area contributed by atoms with Crippen molar-refractivity contribution < 1.29 is 14.7 Å². The third kappa shape index (κ3) is 2.40. The maximum atomic E-state index is 12.6. The molecule has 0 saturated heterocycles. The van der Waals surface area contributed by atoms with Crippen LogP contribution in [0.1, 0.15) is 52.0 Å². The van der Waals surface area contributed by atoms with Gasteiger partial charge in [-0.25, -0.2) is 0 Å². The summed E-state index contributed by atoms with van der Waals surface area (Å²) in [6.07, 6.45) is 2.86. The molecule has 4 heteroatoms. The second-order valence-electron chi connectivity index (χ2n) is 7.60. The predicted molar refractivity (Wildman–Crippen MR) is 88.9 cm³/mol. The van der Waals surface area contributed by atoms with Crippen LogP contribution in [0.5, 0.6) is 0 Å². The largest absolute Gasteiger partial charge is 0.375 e. The molecule has 2 aliphatic rings. The molecule has 124 valence electrons. The Hall–Kier alpha value is -1.68. The molecule has 0 radical (unpaired) electrons. The molecule has 1 aromatic carbocycles. The van der Waals surface area contributed by atoms with Crippen LogP contribution in [-0.4, -0.2) is 16.8 Å². The van der Waals surface area contributed by atoms with Gasteiger partial charge >= 0.3 is 0 Å². The number of ketones is 1. The molecule has 0 spiro atoms. The number of amides is 1. The maximum Gasteiger partial charge on any atom is 0.261 e. The van der Waals surface area contributed by atoms with Gasteiger partial charge in [0.05, 0.1) is 5.92 Å². The molecule has 1 amide bonds. The Morgan fingerprint density at radius 3 is 2.70 bits per heavy atom. The smallest absolute Gasteiger partial charge is 0.261 e. The minimum absolute atomic E-state index is 0.00232. The lowest BCUT2D eigenvalue weighted by molar-refractivity contribution is -0.153. The van der Waals surface area contributed by atoms with Crippen LogP contribution < -0.4 is 5.32 Å². The number of hydrogen-bond donors (Lipinski definition) is 2. The van der Waals surface area contributed by atoms with E-state index in [9.17, 15) is 14.7 Å². The van der Waals surface area contributed by atoms with Crippen molar-refractivity contribution in [2.75, 3.05) is 5.32 Å². The SMILES string of the molecule is CCC(C)(C)[C@H]1CCC(=O)[C@@H]([C@]2(O)C(=O)Nc3ccccc32)C1. The van der Waals surface area contributed by atoms with Crippen molar-refractivity contribution >= 4 is 17.4 Å². The third-order valence-electron chi connectivity index (χ3n) is 6.10. The second kappa shape index (κ2) is 5.45. The van der Waals surface area contributed by atoms with Gasteiger partial charge in [-0.2, -0.15) is 0 Å². The number of carbonyl (C=O) groups excluding carboxylic acids is 2. The van der Waals surface area contributed by atoms with Crippen LogP contribution in [0, 0.1) is 17.3 Å². The van der Waals surface area contributed by atoms with Crippen LogP contribution in [0.2, 0.25) is 0 Å². The monoisotopic (exact) mass is 315 g/mol. The van der Waals surface area contributed by atoms with Crippen LogP contribution >= 0.6 is 0 Å². The van der Waals surface area contributed by atoms with E-state index < -0.39 is 17.4 Å². The van der Waals surface area contributed by atoms with Gasteiger partial charge in [-0.05, 0) is 30.2 Å². The molecule has 1 saturated carbocycles. The minimum Gasteiger partial charge on any atom is -0.375 e. The molecule has 1 aliphatic heterocycles. The van der Waals surface area contributed by atoms with Crippen molar-refractivity contribution in [3.63, 3.8) is 0 Å². The fourth-order valence-electron chi connectivity index (χ4n) is 4.04. The summed E-state index contributed by atoms with van der Waals surface area (Å²) in [6.45, 7) is 6.56. The number of Topliss-reactive ketones (excluding diaryl/α,β-unsaturated/α-hetero) is 1. The quantitative estimate of drug-likeness (QED) is 0.900. The Bertz CT molecular complexity index is 652. The number of aliphatic hydroxyl groups is 1. The van der Waals surface area contributed by atoms with Gasteiger partial charge in [0.15, 0.2) is 5.60 Å². The van der Waals surface area contributed by atoms with Crippen LogP contribution in [0.25, 0.3) is 0 Å². The van der Waals surface area contributed by atoms with Gasteiger partial charge in [0.1, 0.15) is 5.78 Å². The van der Waals surface area contributed by atoms with Crippen molar-refractivity contribution in [2.45, 2.75) is 52.1 Å². The van der Waals surface area contributed by atoms with E-state index in [1.807, 2.05) is 6.07 Å². The Labute approximate surface area is 137 Å². The zero-order valence-corrected chi connectivity index (χ0v) is 14.1. The molecule has 1 fully saturated rings. The van der Waals surface area contributed by atoms with Crippen LogP contribution in [0.15, 0.2) is 24.3 Å². The van der Waals surface area contributed by atoms with Gasteiger partial charge in [-0.3, -0.25) is 9.59 Å². The fraction of sp³-hybridized carbons (Fsp3) is 0.579. The summed E-state index contributed by atoms with van der Waals surface area (Å²) in [5.41, 5.74) is -0.469. The highest BCUT2D eigenvalue weighted by atomic mass is 16.3. The molecule has 1 aliphatic carbocycles. The number of nitrogens with one attached hydrogen (secondary N) is 1. The van der Waals surface area contributed by atoms with Gasteiger partial charge in [-0.15, -0.1) is 0 Å². The Balaban J connectivity index is 1.99. The van der Waals surface area contributed by atoms with Gasteiger partial charge in [0.25, 0.3) is 5.91 Å². The number of hydrogen-bond acceptors (Lipinski definition) is 3. The molecule has 0 unspecified atom stereocenters. The van der Waals surface area contributed by atoms with Gasteiger partial charge in [0, 0.05) is 17.7 Å². The number of para-hydroxylation sites is 1. The highest BCUT2D eigenvalue weighted by molar-refractivity contribution is 6.08. The maximum absolute atomic E-state index is 12.6. The first-order valence-electron chi connectivity index (χ1n) is 8.46. The van der Waals surface area contributed by atoms with Crippen LogP contribution in [0.3, 0.4) is 0 Å². The van der Waals surface area contributed by atoms with Crippen molar-refractivity contribution in [1.29, 1.82) is 0 Å². The van der Waals surface area contributed by atoms with Crippen molar-refractivity contribution in [3.05, 3.63) is 29.8 Å². The summed E-state index contributed by atoms with van der Waals surface area (Å²) < 4.78 is 0. The molecular formula is C19H25NO3. The summed E-state index contributed by atoms with van der Waals surface area (Å²) in [4.78, 5) is 25.1. The normalized spacial score (nSPS) is 31.0. The Morgan fingerprint density at radius 2 is 2.00 bits per heavy atom. The molecular weight excluding hydrogens is 290 g/mol. The number of fused-ring (bicyclic) bond motifs is 1. The summed E-state index contributed by atoms with van der Waals surface area (Å²) in [5.74, 6) is -0.787. The van der Waals surface area contributed by atoms with E-state index in [1.54, 1.807) is 18.2 Å². The fourth-order valence-corrected chi connectivity index (χ4v) is 4.04. The standard InChI is InChI=1S/C19H25NO3/c1-4-18(2,3)12-9-10-16(21)14(11-12)19(23)13-7-5-6-8-15(13)20-17(19)22/h5-8,12,14,23H,4,9-11H2,1-3H3,(H,20,22)/t12-,14-,19-/m0/s1. The molecule has 3 atom stereocenters. The lowest BCUT2D eigenvalue weighted by Crippen LogP contribution is -2.49. The molecule has 1 aromatic rings. The molecule has 0 aromatic heterocycles. The number of anilines is 1. The van der Waals surface area contributed by atoms with Crippen molar-refractivity contribution in [1.82, 2.24) is 0 Å². The Morgan fingerprint density at radius 1 is 1.30 bits per heavy atom. The van der Waals surface area contributed by atoms with Gasteiger partial charge in [-0.1, -0.05) is 45.4 Å². The summed E-state index contributed by atoms with van der Waals surface area (Å²) in [6, 6.07) is 7.13. The molecule has 4 nitrogen and oxygen atoms in total. The zero-order valence-electron chi connectivity index (χ0n) is 14.1. The van der Waals surface area contributed by atoms with Crippen LogP contribution in [-0.2, 0) is 15.2 Å². The van der Waals surface area contributed by atoms with Crippen molar-refractivity contribution in [2.24, 2.45) is 17.3 Å². The molecule has 3 rings (SSSR count). The molecule has 2 N–H and O–H groups in total. The number of rotatable bonds is 3. The Kier molecular flexibility index (Phi) is 3.83. The average molecular weight is 315 g/mol. The number of carbonyl (C=O) groups is 2. The average Bonchev–Trinajstić information content (AvgIpc) is 2.80. The lowest BCUT2D eigenvalue weighted by Gasteiger charge is -2.42. The van der Waals surface area contributed by atoms with E-state index >= 15 is 0 Å². The van der Waals surface area contributed by atoms with Gasteiger partial charge in [0.2, 0.25) is 0 Å². The van der Waals surface area contributed by atoms with E-state index in [0.717, 1.165) is 12.8 Å².